The van der Waals surface area contributed by atoms with Gasteiger partial charge in [0, 0.05) is 18.7 Å². The molecule has 0 saturated heterocycles. The Labute approximate surface area is 111 Å². The first-order valence-electron chi connectivity index (χ1n) is 6.32. The molecule has 96 valence electrons. The molecule has 1 unspecified atom stereocenters. The van der Waals surface area contributed by atoms with Crippen molar-refractivity contribution in [3.05, 3.63) is 59.3 Å². The van der Waals surface area contributed by atoms with Crippen molar-refractivity contribution in [3.8, 4) is 0 Å². The number of hydrogen-bond donors (Lipinski definition) is 2. The van der Waals surface area contributed by atoms with Crippen molar-refractivity contribution in [1.29, 1.82) is 0 Å². The SMILES string of the molecule is Nc1ncccc1C(=O)NCC1Cc2ccccc21. The van der Waals surface area contributed by atoms with Crippen LogP contribution in [0.3, 0.4) is 0 Å². The van der Waals surface area contributed by atoms with Gasteiger partial charge in [-0.3, -0.25) is 4.79 Å². The summed E-state index contributed by atoms with van der Waals surface area (Å²) in [6.07, 6.45) is 2.60. The summed E-state index contributed by atoms with van der Waals surface area (Å²) in [4.78, 5) is 15.9. The summed E-state index contributed by atoms with van der Waals surface area (Å²) in [6.45, 7) is 0.643. The Bertz CT molecular complexity index is 624. The summed E-state index contributed by atoms with van der Waals surface area (Å²) in [5, 5.41) is 2.92. The quantitative estimate of drug-likeness (QED) is 0.875. The van der Waals surface area contributed by atoms with Crippen molar-refractivity contribution >= 4 is 11.7 Å². The van der Waals surface area contributed by atoms with Crippen molar-refractivity contribution in [3.63, 3.8) is 0 Å². The first-order chi connectivity index (χ1) is 9.25. The number of amides is 1. The van der Waals surface area contributed by atoms with Crippen LogP contribution in [-0.2, 0) is 6.42 Å². The normalized spacial score (nSPS) is 16.3. The minimum atomic E-state index is -0.157. The summed E-state index contributed by atoms with van der Waals surface area (Å²) in [6, 6.07) is 11.7. The molecule has 3 rings (SSSR count). The molecule has 19 heavy (non-hydrogen) atoms. The van der Waals surface area contributed by atoms with Gasteiger partial charge in [0.25, 0.3) is 5.91 Å². The van der Waals surface area contributed by atoms with Crippen LogP contribution < -0.4 is 11.1 Å². The zero-order valence-electron chi connectivity index (χ0n) is 10.5. The fourth-order valence-corrected chi connectivity index (χ4v) is 2.47. The predicted molar refractivity (Wildman–Crippen MR) is 73.9 cm³/mol. The molecule has 1 atom stereocenters. The maximum absolute atomic E-state index is 12.0. The number of nitrogen functional groups attached to an aromatic ring is 1. The Morgan fingerprint density at radius 1 is 1.32 bits per heavy atom. The smallest absolute Gasteiger partial charge is 0.255 e. The number of carbonyl (C=O) groups is 1. The second kappa shape index (κ2) is 4.72. The maximum Gasteiger partial charge on any atom is 0.255 e. The molecule has 0 radical (unpaired) electrons. The lowest BCUT2D eigenvalue weighted by atomic mass is 9.77. The monoisotopic (exact) mass is 253 g/mol. The van der Waals surface area contributed by atoms with E-state index in [-0.39, 0.29) is 11.7 Å². The number of nitrogens with zero attached hydrogens (tertiary/aromatic N) is 1. The molecule has 1 heterocycles. The van der Waals surface area contributed by atoms with Gasteiger partial charge in [0.2, 0.25) is 0 Å². The first kappa shape index (κ1) is 11.7. The van der Waals surface area contributed by atoms with Gasteiger partial charge < -0.3 is 11.1 Å². The Kier molecular flexibility index (Phi) is 2.91. The molecule has 4 heteroatoms. The number of aromatic nitrogens is 1. The van der Waals surface area contributed by atoms with Crippen molar-refractivity contribution < 1.29 is 4.79 Å². The van der Waals surface area contributed by atoms with Crippen molar-refractivity contribution in [1.82, 2.24) is 10.3 Å². The van der Waals surface area contributed by atoms with Gasteiger partial charge in [-0.05, 0) is 29.7 Å². The van der Waals surface area contributed by atoms with E-state index < -0.39 is 0 Å². The van der Waals surface area contributed by atoms with Crippen LogP contribution in [0.25, 0.3) is 0 Å². The lowest BCUT2D eigenvalue weighted by Crippen LogP contribution is -2.33. The molecule has 2 aromatic rings. The number of fused-ring (bicyclic) bond motifs is 1. The number of carbonyl (C=O) groups excluding carboxylic acids is 1. The summed E-state index contributed by atoms with van der Waals surface area (Å²) >= 11 is 0. The molecule has 3 N–H and O–H groups in total. The third-order valence-electron chi connectivity index (χ3n) is 3.55. The van der Waals surface area contributed by atoms with Crippen LogP contribution in [0, 0.1) is 0 Å². The van der Waals surface area contributed by atoms with Crippen molar-refractivity contribution in [2.75, 3.05) is 12.3 Å². The Balaban J connectivity index is 1.63. The van der Waals surface area contributed by atoms with Crippen molar-refractivity contribution in [2.24, 2.45) is 0 Å². The van der Waals surface area contributed by atoms with E-state index in [1.807, 2.05) is 12.1 Å². The maximum atomic E-state index is 12.0. The molecule has 1 aliphatic carbocycles. The fraction of sp³-hybridized carbons (Fsp3) is 0.200. The summed E-state index contributed by atoms with van der Waals surface area (Å²) in [5.74, 6) is 0.530. The van der Waals surface area contributed by atoms with Crippen LogP contribution >= 0.6 is 0 Å². The molecule has 0 aliphatic heterocycles. The van der Waals surface area contributed by atoms with E-state index >= 15 is 0 Å². The first-order valence-corrected chi connectivity index (χ1v) is 6.32. The van der Waals surface area contributed by atoms with Gasteiger partial charge in [-0.25, -0.2) is 4.98 Å². The third kappa shape index (κ3) is 2.17. The van der Waals surface area contributed by atoms with E-state index in [1.165, 1.54) is 11.1 Å². The van der Waals surface area contributed by atoms with E-state index in [2.05, 4.69) is 22.4 Å². The average molecular weight is 253 g/mol. The molecular formula is C15H15N3O. The van der Waals surface area contributed by atoms with Crippen LogP contribution in [0.5, 0.6) is 0 Å². The number of rotatable bonds is 3. The van der Waals surface area contributed by atoms with Crippen LogP contribution in [-0.4, -0.2) is 17.4 Å². The number of pyridine rings is 1. The average Bonchev–Trinajstić information content (AvgIpc) is 2.40. The largest absolute Gasteiger partial charge is 0.383 e. The van der Waals surface area contributed by atoms with Gasteiger partial charge in [0.05, 0.1) is 5.56 Å². The number of hydrogen-bond acceptors (Lipinski definition) is 3. The van der Waals surface area contributed by atoms with E-state index in [0.29, 0.717) is 18.0 Å². The van der Waals surface area contributed by atoms with E-state index in [1.54, 1.807) is 18.3 Å². The lowest BCUT2D eigenvalue weighted by molar-refractivity contribution is 0.0950. The molecule has 1 aromatic heterocycles. The van der Waals surface area contributed by atoms with Crippen LogP contribution in [0.2, 0.25) is 0 Å². The summed E-state index contributed by atoms with van der Waals surface area (Å²) < 4.78 is 0. The highest BCUT2D eigenvalue weighted by molar-refractivity contribution is 5.98. The van der Waals surface area contributed by atoms with Crippen LogP contribution in [0.1, 0.15) is 27.4 Å². The molecular weight excluding hydrogens is 238 g/mol. The molecule has 4 nitrogen and oxygen atoms in total. The Hall–Kier alpha value is -2.36. The van der Waals surface area contributed by atoms with E-state index in [4.69, 9.17) is 5.73 Å². The topological polar surface area (TPSA) is 68.0 Å². The number of anilines is 1. The second-order valence-corrected chi connectivity index (χ2v) is 4.75. The Morgan fingerprint density at radius 2 is 2.16 bits per heavy atom. The molecule has 0 saturated carbocycles. The fourth-order valence-electron chi connectivity index (χ4n) is 2.47. The summed E-state index contributed by atoms with van der Waals surface area (Å²) in [7, 11) is 0. The van der Waals surface area contributed by atoms with Gasteiger partial charge in [-0.1, -0.05) is 24.3 Å². The molecule has 1 aromatic carbocycles. The van der Waals surface area contributed by atoms with Gasteiger partial charge in [-0.15, -0.1) is 0 Å². The zero-order chi connectivity index (χ0) is 13.2. The number of nitrogens with two attached hydrogens (primary N) is 1. The van der Waals surface area contributed by atoms with Crippen molar-refractivity contribution in [2.45, 2.75) is 12.3 Å². The standard InChI is InChI=1S/C15H15N3O/c16-14-13(6-3-7-17-14)15(19)18-9-11-8-10-4-1-2-5-12(10)11/h1-7,11H,8-9H2,(H2,16,17)(H,18,19). The number of benzene rings is 1. The van der Waals surface area contributed by atoms with Gasteiger partial charge in [-0.2, -0.15) is 0 Å². The zero-order valence-corrected chi connectivity index (χ0v) is 10.5. The highest BCUT2D eigenvalue weighted by Crippen LogP contribution is 2.34. The van der Waals surface area contributed by atoms with Gasteiger partial charge in [0.15, 0.2) is 0 Å². The number of nitrogens with one attached hydrogen (secondary N) is 1. The molecule has 0 spiro atoms. The van der Waals surface area contributed by atoms with Crippen LogP contribution in [0.15, 0.2) is 42.6 Å². The minimum absolute atomic E-state index is 0.157. The van der Waals surface area contributed by atoms with Gasteiger partial charge in [0.1, 0.15) is 5.82 Å². The third-order valence-corrected chi connectivity index (χ3v) is 3.55. The predicted octanol–water partition coefficient (Wildman–Crippen LogP) is 1.73. The van der Waals surface area contributed by atoms with Crippen LogP contribution in [0.4, 0.5) is 5.82 Å². The lowest BCUT2D eigenvalue weighted by Gasteiger charge is -2.30. The molecule has 1 aliphatic rings. The molecule has 1 amide bonds. The van der Waals surface area contributed by atoms with Gasteiger partial charge >= 0.3 is 0 Å². The highest BCUT2D eigenvalue weighted by Gasteiger charge is 2.25. The van der Waals surface area contributed by atoms with E-state index in [9.17, 15) is 4.79 Å². The molecule has 0 fully saturated rings. The summed E-state index contributed by atoms with van der Waals surface area (Å²) in [5.41, 5.74) is 8.83. The molecule has 0 bridgehead atoms. The van der Waals surface area contributed by atoms with E-state index in [0.717, 1.165) is 6.42 Å². The minimum Gasteiger partial charge on any atom is -0.383 e. The highest BCUT2D eigenvalue weighted by atomic mass is 16.1. The second-order valence-electron chi connectivity index (χ2n) is 4.75. The Morgan fingerprint density at radius 3 is 2.95 bits per heavy atom.